The fourth-order valence-corrected chi connectivity index (χ4v) is 4.76. The van der Waals surface area contributed by atoms with Crippen LogP contribution in [0.3, 0.4) is 0 Å². The van der Waals surface area contributed by atoms with Crippen LogP contribution in [0.25, 0.3) is 11.0 Å². The van der Waals surface area contributed by atoms with Crippen molar-refractivity contribution in [3.63, 3.8) is 0 Å². The summed E-state index contributed by atoms with van der Waals surface area (Å²) in [7, 11) is -0.818. The van der Waals surface area contributed by atoms with Crippen molar-refractivity contribution in [3.05, 3.63) is 34.7 Å². The molecule has 33 heavy (non-hydrogen) atoms. The Labute approximate surface area is 195 Å². The van der Waals surface area contributed by atoms with Gasteiger partial charge in [0.2, 0.25) is 10.0 Å². The Morgan fingerprint density at radius 2 is 1.97 bits per heavy atom. The predicted molar refractivity (Wildman–Crippen MR) is 123 cm³/mol. The van der Waals surface area contributed by atoms with E-state index >= 15 is 0 Å². The van der Waals surface area contributed by atoms with Crippen LogP contribution in [0.4, 0.5) is 5.00 Å². The van der Waals surface area contributed by atoms with Crippen LogP contribution in [0.5, 0.6) is 0 Å². The summed E-state index contributed by atoms with van der Waals surface area (Å²) in [4.78, 5) is 32.2. The van der Waals surface area contributed by atoms with Gasteiger partial charge in [-0.1, -0.05) is 18.7 Å². The standard InChI is InChI=1S/C20H25N5O6S2/c1-6-30-20(27)14-10-17(12(2)3)32-19(14)21-18(26)11-31-25-16-9-13(33(28,29)24(4)5)7-8-15(16)22-23-25/h7-10,12H,6,11H2,1-5H3,(H,21,26). The number of fused-ring (bicyclic) bond motifs is 1. The minimum Gasteiger partial charge on any atom is -0.462 e. The number of carbonyl (C=O) groups excluding carboxylic acids is 2. The SMILES string of the molecule is CCOC(=O)c1cc(C(C)C)sc1NC(=O)COn1nnc2ccc(S(=O)(=O)N(C)C)cc21. The minimum atomic E-state index is -3.67. The molecule has 2 heterocycles. The summed E-state index contributed by atoms with van der Waals surface area (Å²) < 4.78 is 31.0. The van der Waals surface area contributed by atoms with Crippen molar-refractivity contribution < 1.29 is 27.6 Å². The maximum Gasteiger partial charge on any atom is 0.341 e. The first kappa shape index (κ1) is 24.6. The number of hydrogen-bond acceptors (Lipinski definition) is 9. The summed E-state index contributed by atoms with van der Waals surface area (Å²) in [5, 5.41) is 10.8. The maximum atomic E-state index is 12.5. The quantitative estimate of drug-likeness (QED) is 0.446. The number of anilines is 1. The summed E-state index contributed by atoms with van der Waals surface area (Å²) in [6, 6.07) is 6.00. The second-order valence-electron chi connectivity index (χ2n) is 7.49. The van der Waals surface area contributed by atoms with Crippen LogP contribution in [0, 0.1) is 0 Å². The number of hydrogen-bond donors (Lipinski definition) is 1. The molecular formula is C20H25N5O6S2. The molecule has 0 saturated carbocycles. The number of nitrogens with one attached hydrogen (secondary N) is 1. The van der Waals surface area contributed by atoms with Crippen LogP contribution in [0.2, 0.25) is 0 Å². The summed E-state index contributed by atoms with van der Waals surface area (Å²) in [5.41, 5.74) is 0.970. The lowest BCUT2D eigenvalue weighted by molar-refractivity contribution is -0.121. The molecule has 0 aliphatic heterocycles. The van der Waals surface area contributed by atoms with Crippen LogP contribution in [0.1, 0.15) is 41.9 Å². The molecule has 178 valence electrons. The van der Waals surface area contributed by atoms with Crippen molar-refractivity contribution in [2.24, 2.45) is 0 Å². The van der Waals surface area contributed by atoms with E-state index in [9.17, 15) is 18.0 Å². The summed E-state index contributed by atoms with van der Waals surface area (Å²) >= 11 is 1.29. The second kappa shape index (κ2) is 9.85. The number of rotatable bonds is 9. The number of nitrogens with zero attached hydrogens (tertiary/aromatic N) is 4. The zero-order valence-corrected chi connectivity index (χ0v) is 20.5. The lowest BCUT2D eigenvalue weighted by Gasteiger charge is -2.11. The second-order valence-corrected chi connectivity index (χ2v) is 10.7. The number of sulfonamides is 1. The van der Waals surface area contributed by atoms with E-state index in [1.807, 2.05) is 13.8 Å². The lowest BCUT2D eigenvalue weighted by Crippen LogP contribution is -2.26. The molecule has 1 amide bonds. The molecule has 0 aliphatic carbocycles. The van der Waals surface area contributed by atoms with Gasteiger partial charge in [0.1, 0.15) is 16.0 Å². The average Bonchev–Trinajstić information content (AvgIpc) is 3.36. The predicted octanol–water partition coefficient (Wildman–Crippen LogP) is 2.11. The van der Waals surface area contributed by atoms with Gasteiger partial charge in [0.25, 0.3) is 5.91 Å². The Bertz CT molecular complexity index is 1280. The summed E-state index contributed by atoms with van der Waals surface area (Å²) in [5.74, 6) is -0.883. The number of amides is 1. The van der Waals surface area contributed by atoms with Gasteiger partial charge in [-0.05, 0) is 42.3 Å². The number of ether oxygens (including phenoxy) is 1. The molecule has 0 aliphatic rings. The fraction of sp³-hybridized carbons (Fsp3) is 0.400. The van der Waals surface area contributed by atoms with Crippen molar-refractivity contribution in [1.29, 1.82) is 0 Å². The first-order chi connectivity index (χ1) is 15.5. The fourth-order valence-electron chi connectivity index (χ4n) is 2.78. The van der Waals surface area contributed by atoms with Gasteiger partial charge in [0, 0.05) is 19.0 Å². The zero-order chi connectivity index (χ0) is 24.3. The smallest absolute Gasteiger partial charge is 0.341 e. The highest BCUT2D eigenvalue weighted by molar-refractivity contribution is 7.89. The molecule has 3 rings (SSSR count). The third-order valence-electron chi connectivity index (χ3n) is 4.55. The van der Waals surface area contributed by atoms with Crippen molar-refractivity contribution in [2.75, 3.05) is 32.6 Å². The molecule has 1 aromatic carbocycles. The van der Waals surface area contributed by atoms with E-state index in [0.29, 0.717) is 10.5 Å². The van der Waals surface area contributed by atoms with E-state index < -0.39 is 28.5 Å². The van der Waals surface area contributed by atoms with Crippen LogP contribution in [-0.4, -0.2) is 67.1 Å². The van der Waals surface area contributed by atoms with Crippen LogP contribution < -0.4 is 10.2 Å². The molecule has 13 heteroatoms. The van der Waals surface area contributed by atoms with E-state index in [1.165, 1.54) is 43.6 Å². The molecule has 11 nitrogen and oxygen atoms in total. The van der Waals surface area contributed by atoms with Crippen LogP contribution in [0.15, 0.2) is 29.2 Å². The highest BCUT2D eigenvalue weighted by Crippen LogP contribution is 2.33. The van der Waals surface area contributed by atoms with Crippen molar-refractivity contribution in [1.82, 2.24) is 19.5 Å². The molecule has 3 aromatic rings. The molecule has 1 N–H and O–H groups in total. The largest absolute Gasteiger partial charge is 0.462 e. The maximum absolute atomic E-state index is 12.5. The van der Waals surface area contributed by atoms with Gasteiger partial charge >= 0.3 is 5.97 Å². The summed E-state index contributed by atoms with van der Waals surface area (Å²) in [6.45, 7) is 5.44. The topological polar surface area (TPSA) is 133 Å². The number of carbonyl (C=O) groups is 2. The number of benzene rings is 1. The van der Waals surface area contributed by atoms with Gasteiger partial charge < -0.3 is 14.9 Å². The van der Waals surface area contributed by atoms with Gasteiger partial charge in [-0.3, -0.25) is 4.79 Å². The van der Waals surface area contributed by atoms with E-state index in [-0.39, 0.29) is 28.5 Å². The number of esters is 1. The van der Waals surface area contributed by atoms with Crippen LogP contribution in [-0.2, 0) is 19.6 Å². The average molecular weight is 496 g/mol. The molecule has 0 saturated heterocycles. The zero-order valence-electron chi connectivity index (χ0n) is 18.9. The van der Waals surface area contributed by atoms with Gasteiger partial charge in [-0.25, -0.2) is 17.5 Å². The van der Waals surface area contributed by atoms with E-state index in [2.05, 4.69) is 15.6 Å². The molecule has 0 atom stereocenters. The Balaban J connectivity index is 1.77. The number of aromatic nitrogens is 3. The van der Waals surface area contributed by atoms with E-state index in [0.717, 1.165) is 14.0 Å². The summed E-state index contributed by atoms with van der Waals surface area (Å²) in [6.07, 6.45) is 0. The molecular weight excluding hydrogens is 470 g/mol. The highest BCUT2D eigenvalue weighted by atomic mass is 32.2. The molecule has 0 bridgehead atoms. The third-order valence-corrected chi connectivity index (χ3v) is 7.71. The minimum absolute atomic E-state index is 0.0375. The Kier molecular flexibility index (Phi) is 7.34. The first-order valence-electron chi connectivity index (χ1n) is 10.1. The molecule has 2 aromatic heterocycles. The Morgan fingerprint density at radius 1 is 1.24 bits per heavy atom. The normalized spacial score (nSPS) is 11.8. The van der Waals surface area contributed by atoms with Gasteiger partial charge in [0.15, 0.2) is 6.61 Å². The third kappa shape index (κ3) is 5.31. The van der Waals surface area contributed by atoms with Crippen molar-refractivity contribution in [3.8, 4) is 0 Å². The Hall–Kier alpha value is -3.03. The van der Waals surface area contributed by atoms with Gasteiger partial charge in [-0.15, -0.1) is 16.4 Å². The number of thiophene rings is 1. The molecule has 0 fully saturated rings. The van der Waals surface area contributed by atoms with Gasteiger partial charge in [0.05, 0.1) is 17.1 Å². The Morgan fingerprint density at radius 3 is 2.61 bits per heavy atom. The highest BCUT2D eigenvalue weighted by Gasteiger charge is 2.22. The van der Waals surface area contributed by atoms with Crippen molar-refractivity contribution >= 4 is 49.3 Å². The molecule has 0 spiro atoms. The van der Waals surface area contributed by atoms with Gasteiger partial charge in [-0.2, -0.15) is 0 Å². The molecule has 0 radical (unpaired) electrons. The lowest BCUT2D eigenvalue weighted by atomic mass is 10.1. The van der Waals surface area contributed by atoms with Crippen LogP contribution >= 0.6 is 11.3 Å². The van der Waals surface area contributed by atoms with E-state index in [1.54, 1.807) is 13.0 Å². The van der Waals surface area contributed by atoms with E-state index in [4.69, 9.17) is 9.57 Å². The molecule has 0 unspecified atom stereocenters. The monoisotopic (exact) mass is 495 g/mol. The van der Waals surface area contributed by atoms with Crippen molar-refractivity contribution in [2.45, 2.75) is 31.6 Å². The first-order valence-corrected chi connectivity index (χ1v) is 12.3.